The molecule has 118 valence electrons. The van der Waals surface area contributed by atoms with Crippen LogP contribution in [0.5, 0.6) is 0 Å². The van der Waals surface area contributed by atoms with Crippen LogP contribution in [0.3, 0.4) is 0 Å². The predicted octanol–water partition coefficient (Wildman–Crippen LogP) is 1.70. The van der Waals surface area contributed by atoms with Crippen LogP contribution in [0.4, 0.5) is 0 Å². The minimum Gasteiger partial charge on any atom is -0.392 e. The van der Waals surface area contributed by atoms with Gasteiger partial charge in [-0.1, -0.05) is 37.6 Å². The van der Waals surface area contributed by atoms with Gasteiger partial charge in [0.1, 0.15) is 0 Å². The molecule has 0 aromatic heterocycles. The summed E-state index contributed by atoms with van der Waals surface area (Å²) in [5.74, 6) is -0.216. The Morgan fingerprint density at radius 2 is 1.67 bits per heavy atom. The van der Waals surface area contributed by atoms with E-state index in [2.05, 4.69) is 4.90 Å². The number of hydrogen-bond acceptors (Lipinski definition) is 4. The summed E-state index contributed by atoms with van der Waals surface area (Å²) < 4.78 is 0. The first-order valence-corrected chi connectivity index (χ1v) is 7.90. The van der Waals surface area contributed by atoms with E-state index in [0.717, 1.165) is 24.2 Å². The maximum atomic E-state index is 10.4. The molecule has 1 heterocycles. The molecule has 0 aliphatic carbocycles. The molecule has 1 fully saturated rings. The van der Waals surface area contributed by atoms with E-state index in [9.17, 15) is 10.2 Å². The van der Waals surface area contributed by atoms with Crippen molar-refractivity contribution in [2.24, 2.45) is 5.92 Å². The third kappa shape index (κ3) is 4.51. The van der Waals surface area contributed by atoms with Gasteiger partial charge in [0.2, 0.25) is 0 Å². The molecule has 0 spiro atoms. The molecular formula is C17H27NO3. The van der Waals surface area contributed by atoms with Gasteiger partial charge in [-0.05, 0) is 37.1 Å². The summed E-state index contributed by atoms with van der Waals surface area (Å²) in [6.07, 6.45) is 2.47. The normalized spacial score (nSPS) is 21.0. The Bertz CT molecular complexity index is 415. The number of benzene rings is 1. The first-order valence-electron chi connectivity index (χ1n) is 7.90. The predicted molar refractivity (Wildman–Crippen MR) is 82.8 cm³/mol. The van der Waals surface area contributed by atoms with Crippen molar-refractivity contribution in [1.82, 2.24) is 4.90 Å². The minimum atomic E-state index is -0.683. The molecule has 1 aliphatic rings. The minimum absolute atomic E-state index is 0.00349. The molecule has 0 amide bonds. The lowest BCUT2D eigenvalue weighted by Gasteiger charge is -2.32. The van der Waals surface area contributed by atoms with Gasteiger partial charge in [0.15, 0.2) is 0 Å². The van der Waals surface area contributed by atoms with Crippen LogP contribution in [0, 0.1) is 5.92 Å². The van der Waals surface area contributed by atoms with Crippen LogP contribution in [0.25, 0.3) is 0 Å². The average molecular weight is 293 g/mol. The highest BCUT2D eigenvalue weighted by atomic mass is 16.3. The molecule has 1 aliphatic heterocycles. The quantitative estimate of drug-likeness (QED) is 0.747. The second-order valence-electron chi connectivity index (χ2n) is 6.13. The summed E-state index contributed by atoms with van der Waals surface area (Å²) in [5, 5.41) is 29.8. The Labute approximate surface area is 127 Å². The lowest BCUT2D eigenvalue weighted by atomic mass is 9.91. The fraction of sp³-hybridized carbons (Fsp3) is 0.647. The summed E-state index contributed by atoms with van der Waals surface area (Å²) in [4.78, 5) is 2.28. The monoisotopic (exact) mass is 293 g/mol. The fourth-order valence-electron chi connectivity index (χ4n) is 2.91. The summed E-state index contributed by atoms with van der Waals surface area (Å²) in [6, 6.07) is 7.26. The van der Waals surface area contributed by atoms with E-state index < -0.39 is 12.2 Å². The van der Waals surface area contributed by atoms with Gasteiger partial charge in [0.05, 0.1) is 18.8 Å². The lowest BCUT2D eigenvalue weighted by Crippen LogP contribution is -2.40. The van der Waals surface area contributed by atoms with Crippen molar-refractivity contribution < 1.29 is 15.3 Å². The Kier molecular flexibility index (Phi) is 6.18. The third-order valence-electron chi connectivity index (χ3n) is 4.50. The van der Waals surface area contributed by atoms with E-state index in [1.165, 1.54) is 19.3 Å². The van der Waals surface area contributed by atoms with E-state index in [1.807, 2.05) is 31.2 Å². The molecule has 1 aromatic rings. The van der Waals surface area contributed by atoms with Gasteiger partial charge < -0.3 is 20.2 Å². The van der Waals surface area contributed by atoms with Gasteiger partial charge >= 0.3 is 0 Å². The molecule has 0 bridgehead atoms. The molecule has 4 heteroatoms. The van der Waals surface area contributed by atoms with E-state index in [-0.39, 0.29) is 12.5 Å². The zero-order chi connectivity index (χ0) is 15.2. The van der Waals surface area contributed by atoms with Crippen molar-refractivity contribution in [2.45, 2.75) is 45.0 Å². The third-order valence-corrected chi connectivity index (χ3v) is 4.50. The molecule has 1 aromatic carbocycles. The Morgan fingerprint density at radius 3 is 2.24 bits per heavy atom. The van der Waals surface area contributed by atoms with Crippen molar-refractivity contribution in [1.29, 1.82) is 0 Å². The highest BCUT2D eigenvalue weighted by Gasteiger charge is 2.26. The summed E-state index contributed by atoms with van der Waals surface area (Å²) in [5.41, 5.74) is 1.62. The van der Waals surface area contributed by atoms with E-state index in [1.54, 1.807) is 0 Å². The number of aliphatic hydroxyl groups excluding tert-OH is 3. The molecule has 0 saturated carbocycles. The summed E-state index contributed by atoms with van der Waals surface area (Å²) in [6.45, 7) is 4.62. The number of piperidine rings is 1. The van der Waals surface area contributed by atoms with Crippen molar-refractivity contribution in [3.8, 4) is 0 Å². The van der Waals surface area contributed by atoms with Gasteiger partial charge in [0.25, 0.3) is 0 Å². The van der Waals surface area contributed by atoms with Gasteiger partial charge in [-0.2, -0.15) is 0 Å². The zero-order valence-electron chi connectivity index (χ0n) is 12.8. The van der Waals surface area contributed by atoms with Gasteiger partial charge in [0, 0.05) is 12.5 Å². The molecule has 3 atom stereocenters. The van der Waals surface area contributed by atoms with Crippen molar-refractivity contribution >= 4 is 0 Å². The number of hydrogen-bond donors (Lipinski definition) is 3. The smallest absolute Gasteiger partial charge is 0.0840 e. The SMILES string of the molecule is C[C@@H]([C@H](O)c1ccc(CO)cc1)[C@@H](O)CN1CCCCC1. The molecule has 2 rings (SSSR count). The highest BCUT2D eigenvalue weighted by molar-refractivity contribution is 5.24. The molecule has 3 N–H and O–H groups in total. The van der Waals surface area contributed by atoms with Crippen molar-refractivity contribution in [2.75, 3.05) is 19.6 Å². The first kappa shape index (κ1) is 16.4. The molecule has 0 radical (unpaired) electrons. The Morgan fingerprint density at radius 1 is 1.05 bits per heavy atom. The van der Waals surface area contributed by atoms with Crippen LogP contribution in [0.15, 0.2) is 24.3 Å². The van der Waals surface area contributed by atoms with Crippen LogP contribution in [-0.4, -0.2) is 46.0 Å². The topological polar surface area (TPSA) is 63.9 Å². The van der Waals surface area contributed by atoms with E-state index >= 15 is 0 Å². The van der Waals surface area contributed by atoms with Crippen LogP contribution < -0.4 is 0 Å². The van der Waals surface area contributed by atoms with Crippen LogP contribution >= 0.6 is 0 Å². The van der Waals surface area contributed by atoms with Crippen molar-refractivity contribution in [3.05, 3.63) is 35.4 Å². The Balaban J connectivity index is 1.91. The second kappa shape index (κ2) is 7.90. The van der Waals surface area contributed by atoms with Gasteiger partial charge in [-0.3, -0.25) is 0 Å². The second-order valence-corrected chi connectivity index (χ2v) is 6.13. The molecule has 1 saturated heterocycles. The van der Waals surface area contributed by atoms with E-state index in [0.29, 0.717) is 6.54 Å². The summed E-state index contributed by atoms with van der Waals surface area (Å²) >= 11 is 0. The van der Waals surface area contributed by atoms with Crippen LogP contribution in [-0.2, 0) is 6.61 Å². The first-order chi connectivity index (χ1) is 10.1. The fourth-order valence-corrected chi connectivity index (χ4v) is 2.91. The zero-order valence-corrected chi connectivity index (χ0v) is 12.8. The molecular weight excluding hydrogens is 266 g/mol. The number of β-amino-alcohol motifs (C(OH)–C–C–N with tert-alkyl or cyclic N) is 1. The largest absolute Gasteiger partial charge is 0.392 e. The number of rotatable bonds is 6. The van der Waals surface area contributed by atoms with Crippen LogP contribution in [0.2, 0.25) is 0 Å². The highest BCUT2D eigenvalue weighted by Crippen LogP contribution is 2.25. The maximum absolute atomic E-state index is 10.4. The van der Waals surface area contributed by atoms with Crippen LogP contribution in [0.1, 0.15) is 43.4 Å². The maximum Gasteiger partial charge on any atom is 0.0840 e. The Hall–Kier alpha value is -0.940. The number of aliphatic hydroxyl groups is 3. The van der Waals surface area contributed by atoms with Gasteiger partial charge in [-0.25, -0.2) is 0 Å². The number of likely N-dealkylation sites (tertiary alicyclic amines) is 1. The average Bonchev–Trinajstić information content (AvgIpc) is 2.54. The van der Waals surface area contributed by atoms with Crippen molar-refractivity contribution in [3.63, 3.8) is 0 Å². The van der Waals surface area contributed by atoms with Gasteiger partial charge in [-0.15, -0.1) is 0 Å². The molecule has 4 nitrogen and oxygen atoms in total. The lowest BCUT2D eigenvalue weighted by molar-refractivity contribution is -0.00110. The number of nitrogens with zero attached hydrogens (tertiary/aromatic N) is 1. The molecule has 0 unspecified atom stereocenters. The standard InChI is InChI=1S/C17H27NO3/c1-13(16(20)11-18-9-3-2-4-10-18)17(21)15-7-5-14(12-19)6-8-15/h5-8,13,16-17,19-21H,2-4,9-12H2,1H3/t13-,16+,17+/m1/s1. The summed E-state index contributed by atoms with van der Waals surface area (Å²) in [7, 11) is 0. The molecule has 21 heavy (non-hydrogen) atoms. The van der Waals surface area contributed by atoms with E-state index in [4.69, 9.17) is 5.11 Å².